The van der Waals surface area contributed by atoms with Gasteiger partial charge in [-0.1, -0.05) is 18.6 Å². The van der Waals surface area contributed by atoms with Crippen LogP contribution in [-0.2, 0) is 4.74 Å². The van der Waals surface area contributed by atoms with Gasteiger partial charge in [-0.25, -0.2) is 13.8 Å². The largest absolute Gasteiger partial charge is 0.378 e. The first-order valence-corrected chi connectivity index (χ1v) is 11.5. The van der Waals surface area contributed by atoms with E-state index in [0.717, 1.165) is 19.6 Å². The molecule has 0 saturated carbocycles. The summed E-state index contributed by atoms with van der Waals surface area (Å²) in [6.07, 6.45) is 0.966. The number of alkyl halides is 2. The molecule has 9 nitrogen and oxygen atoms in total. The number of para-hydroxylation sites is 2. The molecule has 0 atom stereocenters. The van der Waals surface area contributed by atoms with Crippen LogP contribution in [0.2, 0.25) is 0 Å². The number of nitrogens with one attached hydrogen (secondary N) is 1. The molecule has 2 fully saturated rings. The molecule has 33 heavy (non-hydrogen) atoms. The molecular formula is C22H28F2N8O. The maximum atomic E-state index is 13.9. The van der Waals surface area contributed by atoms with Crippen molar-refractivity contribution < 1.29 is 13.5 Å². The third kappa shape index (κ3) is 4.88. The van der Waals surface area contributed by atoms with Gasteiger partial charge in [0.05, 0.1) is 24.2 Å². The molecule has 1 aromatic carbocycles. The molecule has 4 heterocycles. The molecule has 2 aliphatic rings. The van der Waals surface area contributed by atoms with Crippen LogP contribution in [0.25, 0.3) is 17.0 Å². The fraction of sp³-hybridized carbons (Fsp3) is 0.545. The highest BCUT2D eigenvalue weighted by atomic mass is 19.3. The summed E-state index contributed by atoms with van der Waals surface area (Å²) in [6.45, 7) is 6.13. The van der Waals surface area contributed by atoms with Crippen LogP contribution in [0.4, 0.5) is 20.7 Å². The minimum Gasteiger partial charge on any atom is -0.378 e. The maximum absolute atomic E-state index is 13.9. The number of nitrogens with zero attached hydrogens (tertiary/aromatic N) is 7. The predicted octanol–water partition coefficient (Wildman–Crippen LogP) is 2.88. The van der Waals surface area contributed by atoms with Crippen LogP contribution in [0.15, 0.2) is 24.3 Å². The zero-order valence-electron chi connectivity index (χ0n) is 18.5. The summed E-state index contributed by atoms with van der Waals surface area (Å²) in [4.78, 5) is 22.2. The number of hydrogen-bond donors (Lipinski definition) is 1. The Bertz CT molecular complexity index is 1080. The molecule has 5 rings (SSSR count). The number of ether oxygens (including phenoxy) is 1. The lowest BCUT2D eigenvalue weighted by Crippen LogP contribution is -2.38. The maximum Gasteiger partial charge on any atom is 0.296 e. The lowest BCUT2D eigenvalue weighted by Gasteiger charge is -2.28. The second kappa shape index (κ2) is 9.92. The summed E-state index contributed by atoms with van der Waals surface area (Å²) < 4.78 is 34.6. The van der Waals surface area contributed by atoms with Crippen molar-refractivity contribution in [3.63, 3.8) is 0 Å². The van der Waals surface area contributed by atoms with E-state index in [1.165, 1.54) is 23.8 Å². The molecule has 2 saturated heterocycles. The zero-order valence-corrected chi connectivity index (χ0v) is 18.5. The van der Waals surface area contributed by atoms with Gasteiger partial charge in [0.1, 0.15) is 0 Å². The van der Waals surface area contributed by atoms with Gasteiger partial charge in [-0.2, -0.15) is 15.0 Å². The molecular weight excluding hydrogens is 430 g/mol. The van der Waals surface area contributed by atoms with Crippen molar-refractivity contribution in [2.75, 3.05) is 62.7 Å². The van der Waals surface area contributed by atoms with Crippen molar-refractivity contribution in [3.8, 4) is 5.95 Å². The van der Waals surface area contributed by atoms with E-state index in [-0.39, 0.29) is 11.8 Å². The molecule has 11 heteroatoms. The van der Waals surface area contributed by atoms with Crippen molar-refractivity contribution in [1.82, 2.24) is 29.4 Å². The molecule has 1 N–H and O–H groups in total. The molecule has 0 unspecified atom stereocenters. The van der Waals surface area contributed by atoms with E-state index in [0.29, 0.717) is 55.8 Å². The first kappa shape index (κ1) is 21.9. The third-order valence-corrected chi connectivity index (χ3v) is 6.05. The second-order valence-electron chi connectivity index (χ2n) is 8.28. The Morgan fingerprint density at radius 3 is 2.45 bits per heavy atom. The van der Waals surface area contributed by atoms with Crippen LogP contribution >= 0.6 is 0 Å². The van der Waals surface area contributed by atoms with Crippen molar-refractivity contribution in [1.29, 1.82) is 0 Å². The van der Waals surface area contributed by atoms with E-state index in [2.05, 4.69) is 30.2 Å². The number of hydrogen-bond acceptors (Lipinski definition) is 8. The highest BCUT2D eigenvalue weighted by molar-refractivity contribution is 5.77. The fourth-order valence-corrected chi connectivity index (χ4v) is 4.35. The highest BCUT2D eigenvalue weighted by Crippen LogP contribution is 2.27. The smallest absolute Gasteiger partial charge is 0.296 e. The van der Waals surface area contributed by atoms with Gasteiger partial charge in [0.25, 0.3) is 6.43 Å². The first-order valence-electron chi connectivity index (χ1n) is 11.5. The Hall–Kier alpha value is -2.92. The van der Waals surface area contributed by atoms with Crippen LogP contribution in [0.1, 0.15) is 31.5 Å². The van der Waals surface area contributed by atoms with Gasteiger partial charge in [-0.05, 0) is 38.1 Å². The third-order valence-electron chi connectivity index (χ3n) is 6.05. The highest BCUT2D eigenvalue weighted by Gasteiger charge is 2.24. The van der Waals surface area contributed by atoms with Gasteiger partial charge >= 0.3 is 0 Å². The van der Waals surface area contributed by atoms with Crippen LogP contribution in [0.5, 0.6) is 0 Å². The molecule has 0 amide bonds. The first-order chi connectivity index (χ1) is 16.2. The van der Waals surface area contributed by atoms with Gasteiger partial charge < -0.3 is 19.9 Å². The average Bonchev–Trinajstić information content (AvgIpc) is 3.25. The number of likely N-dealkylation sites (tertiary alicyclic amines) is 1. The summed E-state index contributed by atoms with van der Waals surface area (Å²) >= 11 is 0. The number of piperidine rings is 1. The van der Waals surface area contributed by atoms with E-state index in [4.69, 9.17) is 4.74 Å². The topological polar surface area (TPSA) is 84.2 Å². The van der Waals surface area contributed by atoms with Crippen LogP contribution in [0.3, 0.4) is 0 Å². The number of morpholine rings is 1. The molecule has 2 aromatic heterocycles. The normalized spacial score (nSPS) is 17.7. The van der Waals surface area contributed by atoms with Crippen LogP contribution < -0.4 is 10.2 Å². The number of imidazole rings is 1. The lowest BCUT2D eigenvalue weighted by atomic mass is 10.1. The Labute approximate surface area is 190 Å². The zero-order chi connectivity index (χ0) is 22.6. The predicted molar refractivity (Wildman–Crippen MR) is 121 cm³/mol. The van der Waals surface area contributed by atoms with Crippen molar-refractivity contribution >= 4 is 22.9 Å². The van der Waals surface area contributed by atoms with Crippen molar-refractivity contribution in [2.24, 2.45) is 0 Å². The quantitative estimate of drug-likeness (QED) is 0.579. The van der Waals surface area contributed by atoms with Crippen molar-refractivity contribution in [2.45, 2.75) is 25.7 Å². The lowest BCUT2D eigenvalue weighted by molar-refractivity contribution is 0.122. The second-order valence-corrected chi connectivity index (χ2v) is 8.28. The fourth-order valence-electron chi connectivity index (χ4n) is 4.35. The van der Waals surface area contributed by atoms with E-state index >= 15 is 0 Å². The minimum absolute atomic E-state index is 0.135. The van der Waals surface area contributed by atoms with E-state index in [1.54, 1.807) is 24.3 Å². The molecule has 176 valence electrons. The monoisotopic (exact) mass is 458 g/mol. The number of halogens is 2. The van der Waals surface area contributed by atoms with Crippen LogP contribution in [0, 0.1) is 0 Å². The van der Waals surface area contributed by atoms with Gasteiger partial charge in [-0.15, -0.1) is 0 Å². The molecule has 0 bridgehead atoms. The van der Waals surface area contributed by atoms with E-state index in [1.807, 2.05) is 4.90 Å². The summed E-state index contributed by atoms with van der Waals surface area (Å²) in [7, 11) is 0. The Morgan fingerprint density at radius 1 is 0.909 bits per heavy atom. The molecule has 0 spiro atoms. The van der Waals surface area contributed by atoms with Crippen molar-refractivity contribution in [3.05, 3.63) is 30.1 Å². The Balaban J connectivity index is 1.49. The van der Waals surface area contributed by atoms with Crippen LogP contribution in [-0.4, -0.2) is 81.9 Å². The summed E-state index contributed by atoms with van der Waals surface area (Å²) in [5.41, 5.74) is 1.01. The molecule has 2 aliphatic heterocycles. The molecule has 0 aliphatic carbocycles. The van der Waals surface area contributed by atoms with Gasteiger partial charge in [0.15, 0.2) is 5.82 Å². The average molecular weight is 459 g/mol. The number of anilines is 2. The number of rotatable bonds is 7. The van der Waals surface area contributed by atoms with Gasteiger partial charge in [0.2, 0.25) is 17.8 Å². The molecule has 0 radical (unpaired) electrons. The number of fused-ring (bicyclic) bond motifs is 1. The van der Waals surface area contributed by atoms with Gasteiger partial charge in [0, 0.05) is 26.2 Å². The van der Waals surface area contributed by atoms with E-state index < -0.39 is 6.43 Å². The standard InChI is InChI=1S/C22H28F2N8O/c23-18(24)19-26-16-6-2-3-7-17(16)32(19)22-28-20(25-8-11-30-9-4-1-5-10-30)27-21(29-22)31-12-14-33-15-13-31/h2-3,6-7,18H,1,4-5,8-15H2,(H,25,27,28,29). The number of aromatic nitrogens is 5. The van der Waals surface area contributed by atoms with E-state index in [9.17, 15) is 8.78 Å². The number of benzene rings is 1. The minimum atomic E-state index is -2.77. The summed E-state index contributed by atoms with van der Waals surface area (Å²) in [5.74, 6) is 0.573. The Morgan fingerprint density at radius 2 is 1.67 bits per heavy atom. The Kier molecular flexibility index (Phi) is 6.58. The molecule has 3 aromatic rings. The SMILES string of the molecule is FC(F)c1nc2ccccc2n1-c1nc(NCCN2CCCCC2)nc(N2CCOCC2)n1. The summed E-state index contributed by atoms with van der Waals surface area (Å²) in [6, 6.07) is 7.02. The summed E-state index contributed by atoms with van der Waals surface area (Å²) in [5, 5.41) is 3.29. The van der Waals surface area contributed by atoms with Gasteiger partial charge in [-0.3, -0.25) is 4.57 Å².